The van der Waals surface area contributed by atoms with Crippen LogP contribution in [-0.4, -0.2) is 74.2 Å². The van der Waals surface area contributed by atoms with Crippen molar-refractivity contribution in [2.24, 2.45) is 0 Å². The van der Waals surface area contributed by atoms with Gasteiger partial charge in [-0.15, -0.1) is 0 Å². The van der Waals surface area contributed by atoms with E-state index in [1.807, 2.05) is 24.3 Å². The van der Waals surface area contributed by atoms with Crippen LogP contribution >= 0.6 is 0 Å². The molecule has 4 rings (SSSR count). The number of nitrogens with zero attached hydrogens (tertiary/aromatic N) is 1. The molecule has 3 aliphatic rings. The maximum Gasteiger partial charge on any atom is 0.304 e. The number of carbonyl (C=O) groups is 1. The number of rotatable bonds is 12. The number of likely N-dealkylation sites (tertiary alicyclic amines) is 1. The van der Waals surface area contributed by atoms with Crippen LogP contribution in [0.25, 0.3) is 0 Å². The van der Waals surface area contributed by atoms with E-state index in [9.17, 15) is 9.90 Å². The molecule has 0 saturated carbocycles. The van der Waals surface area contributed by atoms with Gasteiger partial charge in [-0.1, -0.05) is 24.3 Å². The molecule has 1 saturated heterocycles. The fourth-order valence-corrected chi connectivity index (χ4v) is 5.28. The Morgan fingerprint density at radius 3 is 3.09 bits per heavy atom. The Kier molecular flexibility index (Phi) is 8.68. The zero-order chi connectivity index (χ0) is 24.7. The van der Waals surface area contributed by atoms with Crippen molar-refractivity contribution in [1.29, 1.82) is 0 Å². The molecule has 0 amide bonds. The zero-order valence-corrected chi connectivity index (χ0v) is 20.6. The lowest BCUT2D eigenvalue weighted by molar-refractivity contribution is -0.137. The van der Waals surface area contributed by atoms with Gasteiger partial charge in [0.25, 0.3) is 0 Å². The number of hydrogen-bond donors (Lipinski definition) is 3. The lowest BCUT2D eigenvalue weighted by atomic mass is 9.93. The fraction of sp³-hybridized carbons (Fsp3) is 0.593. The number of alkyl halides is 1. The summed E-state index contributed by atoms with van der Waals surface area (Å²) >= 11 is 0. The van der Waals surface area contributed by atoms with E-state index in [-0.39, 0.29) is 18.4 Å². The van der Waals surface area contributed by atoms with Crippen LogP contribution in [0.5, 0.6) is 5.75 Å². The molecule has 3 atom stereocenters. The second-order valence-electron chi connectivity index (χ2n) is 9.92. The smallest absolute Gasteiger partial charge is 0.304 e. The lowest BCUT2D eigenvalue weighted by Gasteiger charge is -2.30. The molecule has 3 N–H and O–H groups in total. The summed E-state index contributed by atoms with van der Waals surface area (Å²) in [4.78, 5) is 13.7. The summed E-state index contributed by atoms with van der Waals surface area (Å²) in [7, 11) is 1.62. The van der Waals surface area contributed by atoms with Crippen LogP contribution in [0.1, 0.15) is 50.0 Å². The van der Waals surface area contributed by atoms with E-state index >= 15 is 4.39 Å². The fourth-order valence-electron chi connectivity index (χ4n) is 5.28. The van der Waals surface area contributed by atoms with Crippen LogP contribution in [0, 0.1) is 0 Å². The Bertz CT molecular complexity index is 937. The number of hydrogen-bond acceptors (Lipinski definition) is 6. The predicted molar refractivity (Wildman–Crippen MR) is 133 cm³/mol. The Morgan fingerprint density at radius 2 is 2.26 bits per heavy atom. The van der Waals surface area contributed by atoms with E-state index in [2.05, 4.69) is 27.7 Å². The zero-order valence-electron chi connectivity index (χ0n) is 20.6. The number of dihydropyridines is 1. The maximum atomic E-state index is 15.7. The molecular weight excluding hydrogens is 449 g/mol. The molecule has 1 aromatic rings. The Hall–Kier alpha value is -2.58. The first-order valence-corrected chi connectivity index (χ1v) is 12.7. The van der Waals surface area contributed by atoms with E-state index in [0.29, 0.717) is 51.4 Å². The van der Waals surface area contributed by atoms with Gasteiger partial charge in [0.05, 0.1) is 13.0 Å². The first-order valence-electron chi connectivity index (χ1n) is 12.7. The van der Waals surface area contributed by atoms with Gasteiger partial charge in [-0.05, 0) is 55.4 Å². The van der Waals surface area contributed by atoms with Gasteiger partial charge in [0.2, 0.25) is 0 Å². The van der Waals surface area contributed by atoms with E-state index in [4.69, 9.17) is 9.47 Å². The Morgan fingerprint density at radius 1 is 1.37 bits per heavy atom. The first-order chi connectivity index (χ1) is 16.9. The van der Waals surface area contributed by atoms with Crippen LogP contribution in [0.2, 0.25) is 0 Å². The molecule has 1 aromatic carbocycles. The highest BCUT2D eigenvalue weighted by atomic mass is 19.1. The molecule has 2 unspecified atom stereocenters. The molecule has 0 radical (unpaired) electrons. The van der Waals surface area contributed by atoms with Crippen LogP contribution in [0.3, 0.4) is 0 Å². The van der Waals surface area contributed by atoms with Crippen molar-refractivity contribution in [2.75, 3.05) is 46.5 Å². The minimum atomic E-state index is -1.25. The molecule has 3 aliphatic heterocycles. The number of carboxylic acids is 1. The first kappa shape index (κ1) is 25.5. The van der Waals surface area contributed by atoms with Crippen LogP contribution in [0.15, 0.2) is 47.8 Å². The molecule has 0 spiro atoms. The molecule has 0 aromatic heterocycles. The minimum Gasteiger partial charge on any atom is -0.491 e. The second-order valence-corrected chi connectivity index (χ2v) is 9.92. The predicted octanol–water partition coefficient (Wildman–Crippen LogP) is 3.59. The van der Waals surface area contributed by atoms with Gasteiger partial charge in [0, 0.05) is 45.2 Å². The number of carboxylic acid groups (broad SMARTS) is 1. The standard InChI is InChI=1S/C27H38FN3O4/c1-34-14-15-35-24-6-2-4-21(16-24)22(17-25(32)33)18-31-13-11-27(28,19-31)10-9-23-8-7-20-5-3-12-29-26(20)30-23/h2,4,6-8,16,22-23,29-30H,3,5,9-15,17-19H2,1H3,(H,32,33)/t22?,23?,27-/m0/s1. The van der Waals surface area contributed by atoms with Gasteiger partial charge in [-0.25, -0.2) is 4.39 Å². The topological polar surface area (TPSA) is 83.1 Å². The van der Waals surface area contributed by atoms with Crippen molar-refractivity contribution in [3.8, 4) is 5.75 Å². The minimum absolute atomic E-state index is 0.00144. The van der Waals surface area contributed by atoms with Crippen LogP contribution < -0.4 is 15.4 Å². The SMILES string of the molecule is COCCOc1cccc(C(CC(=O)O)CN2CC[C@@](F)(CCC3C=CC4=C(NCCC4)N3)C2)c1. The maximum absolute atomic E-state index is 15.7. The Balaban J connectivity index is 1.31. The highest BCUT2D eigenvalue weighted by Gasteiger charge is 2.39. The van der Waals surface area contributed by atoms with Crippen molar-refractivity contribution in [1.82, 2.24) is 15.5 Å². The quantitative estimate of drug-likeness (QED) is 0.389. The monoisotopic (exact) mass is 487 g/mol. The Labute approximate surface area is 207 Å². The largest absolute Gasteiger partial charge is 0.491 e. The molecule has 7 nitrogen and oxygen atoms in total. The van der Waals surface area contributed by atoms with Gasteiger partial charge in [-0.2, -0.15) is 0 Å². The normalized spacial score (nSPS) is 25.0. The van der Waals surface area contributed by atoms with Crippen molar-refractivity contribution >= 4 is 5.97 Å². The number of halogens is 1. The third-order valence-electron chi connectivity index (χ3n) is 7.18. The number of aliphatic carboxylic acids is 1. The van der Waals surface area contributed by atoms with Gasteiger partial charge in [0.1, 0.15) is 23.8 Å². The van der Waals surface area contributed by atoms with Gasteiger partial charge in [-0.3, -0.25) is 9.69 Å². The number of methoxy groups -OCH3 is 1. The molecule has 8 heteroatoms. The average molecular weight is 488 g/mol. The summed E-state index contributed by atoms with van der Waals surface area (Å²) in [6.07, 6.45) is 8.27. The van der Waals surface area contributed by atoms with Crippen molar-refractivity contribution in [3.63, 3.8) is 0 Å². The van der Waals surface area contributed by atoms with Crippen LogP contribution in [0.4, 0.5) is 4.39 Å². The highest BCUT2D eigenvalue weighted by molar-refractivity contribution is 5.68. The number of allylic oxidation sites excluding steroid dienone is 2. The molecule has 0 bridgehead atoms. The molecule has 3 heterocycles. The van der Waals surface area contributed by atoms with Crippen molar-refractivity contribution < 1.29 is 23.8 Å². The summed E-state index contributed by atoms with van der Waals surface area (Å²) in [5.41, 5.74) is 0.967. The summed E-state index contributed by atoms with van der Waals surface area (Å²) < 4.78 is 26.5. The molecule has 1 fully saturated rings. The highest BCUT2D eigenvalue weighted by Crippen LogP contribution is 2.34. The van der Waals surface area contributed by atoms with E-state index < -0.39 is 11.6 Å². The summed E-state index contributed by atoms with van der Waals surface area (Å²) in [5, 5.41) is 16.5. The van der Waals surface area contributed by atoms with E-state index in [1.54, 1.807) is 7.11 Å². The second kappa shape index (κ2) is 11.9. The third-order valence-corrected chi connectivity index (χ3v) is 7.18. The van der Waals surface area contributed by atoms with Gasteiger partial charge >= 0.3 is 5.97 Å². The average Bonchev–Trinajstić information content (AvgIpc) is 3.23. The molecule has 35 heavy (non-hydrogen) atoms. The molecular formula is C27H38FN3O4. The van der Waals surface area contributed by atoms with Crippen LogP contribution in [-0.2, 0) is 9.53 Å². The van der Waals surface area contributed by atoms with Gasteiger partial charge < -0.3 is 25.2 Å². The lowest BCUT2D eigenvalue weighted by Crippen LogP contribution is -2.40. The summed E-state index contributed by atoms with van der Waals surface area (Å²) in [6, 6.07) is 7.70. The van der Waals surface area contributed by atoms with Crippen molar-refractivity contribution in [2.45, 2.75) is 56.2 Å². The van der Waals surface area contributed by atoms with Gasteiger partial charge in [0.15, 0.2) is 0 Å². The molecule has 0 aliphatic carbocycles. The van der Waals surface area contributed by atoms with E-state index in [1.165, 1.54) is 5.57 Å². The number of ether oxygens (including phenoxy) is 2. The summed E-state index contributed by atoms with van der Waals surface area (Å²) in [5.74, 6) is 0.711. The van der Waals surface area contributed by atoms with E-state index in [0.717, 1.165) is 37.2 Å². The third kappa shape index (κ3) is 7.21. The number of benzene rings is 1. The molecule has 192 valence electrons. The summed E-state index contributed by atoms with van der Waals surface area (Å²) in [6.45, 7) is 3.39. The van der Waals surface area contributed by atoms with Crippen molar-refractivity contribution in [3.05, 3.63) is 53.4 Å². The number of nitrogens with one attached hydrogen (secondary N) is 2.